The Labute approximate surface area is 130 Å². The van der Waals surface area contributed by atoms with Gasteiger partial charge in [0.25, 0.3) is 11.8 Å². The molecule has 0 radical (unpaired) electrons. The summed E-state index contributed by atoms with van der Waals surface area (Å²) in [7, 11) is 0. The molecule has 0 saturated carbocycles. The summed E-state index contributed by atoms with van der Waals surface area (Å²) in [6.45, 7) is 1.91. The first-order chi connectivity index (χ1) is 10.6. The molecule has 5 nitrogen and oxygen atoms in total. The Hall–Kier alpha value is -2.73. The third-order valence-corrected chi connectivity index (χ3v) is 4.04. The van der Waals surface area contributed by atoms with Gasteiger partial charge in [-0.2, -0.15) is 0 Å². The summed E-state index contributed by atoms with van der Waals surface area (Å²) in [5.41, 5.74) is 1.39. The Bertz CT molecular complexity index is 776. The van der Waals surface area contributed by atoms with Gasteiger partial charge >= 0.3 is 6.03 Å². The molecular weight excluding hydrogens is 300 g/mol. The molecular formula is C16H12N2O3S. The smallest absolute Gasteiger partial charge is 0.273 e. The highest BCUT2D eigenvalue weighted by Crippen LogP contribution is 2.23. The molecule has 6 heteroatoms. The van der Waals surface area contributed by atoms with Crippen LogP contribution in [-0.4, -0.2) is 17.8 Å². The predicted octanol–water partition coefficient (Wildman–Crippen LogP) is 2.72. The maximum atomic E-state index is 12.5. The zero-order chi connectivity index (χ0) is 15.7. The number of carbonyl (C=O) groups is 3. The number of nitrogens with zero attached hydrogens (tertiary/aromatic N) is 1. The van der Waals surface area contributed by atoms with Crippen molar-refractivity contribution in [3.05, 3.63) is 57.8 Å². The number of hydrogen-bond acceptors (Lipinski definition) is 4. The summed E-state index contributed by atoms with van der Waals surface area (Å²) < 4.78 is 0. The van der Waals surface area contributed by atoms with Gasteiger partial charge in [-0.05, 0) is 36.6 Å². The fourth-order valence-corrected chi connectivity index (χ4v) is 2.76. The molecule has 2 aromatic rings. The lowest BCUT2D eigenvalue weighted by molar-refractivity contribution is -0.122. The van der Waals surface area contributed by atoms with Crippen LogP contribution in [0.15, 0.2) is 47.4 Å². The average Bonchev–Trinajstić information content (AvgIpc) is 2.98. The number of carbonyl (C=O) groups excluding carboxylic acids is 3. The Balaban J connectivity index is 2.01. The lowest BCUT2D eigenvalue weighted by Gasteiger charge is -2.26. The summed E-state index contributed by atoms with van der Waals surface area (Å²) in [4.78, 5) is 38.2. The zero-order valence-corrected chi connectivity index (χ0v) is 12.5. The monoisotopic (exact) mass is 312 g/mol. The van der Waals surface area contributed by atoms with Gasteiger partial charge in [0.2, 0.25) is 0 Å². The number of rotatable bonds is 2. The van der Waals surface area contributed by atoms with Gasteiger partial charge in [-0.25, -0.2) is 9.69 Å². The molecule has 22 heavy (non-hydrogen) atoms. The summed E-state index contributed by atoms with van der Waals surface area (Å²) >= 11 is 1.41. The highest BCUT2D eigenvalue weighted by molar-refractivity contribution is 7.10. The lowest BCUT2D eigenvalue weighted by Crippen LogP contribution is -2.54. The van der Waals surface area contributed by atoms with Crippen LogP contribution in [0.4, 0.5) is 10.5 Å². The third kappa shape index (κ3) is 2.56. The summed E-state index contributed by atoms with van der Waals surface area (Å²) in [5, 5.41) is 4.05. The van der Waals surface area contributed by atoms with Crippen molar-refractivity contribution in [2.45, 2.75) is 6.92 Å². The molecule has 2 heterocycles. The van der Waals surface area contributed by atoms with Gasteiger partial charge in [-0.15, -0.1) is 11.3 Å². The molecule has 1 aromatic heterocycles. The number of amides is 4. The molecule has 4 amide bonds. The molecule has 0 atom stereocenters. The number of aryl methyl sites for hydroxylation is 1. The van der Waals surface area contributed by atoms with Crippen LogP contribution < -0.4 is 10.2 Å². The fourth-order valence-electron chi connectivity index (χ4n) is 2.10. The quantitative estimate of drug-likeness (QED) is 0.685. The van der Waals surface area contributed by atoms with Crippen molar-refractivity contribution in [2.75, 3.05) is 4.90 Å². The van der Waals surface area contributed by atoms with Crippen molar-refractivity contribution in [3.8, 4) is 0 Å². The van der Waals surface area contributed by atoms with Crippen LogP contribution in [0.1, 0.15) is 10.4 Å². The Morgan fingerprint density at radius 2 is 1.82 bits per heavy atom. The second-order valence-electron chi connectivity index (χ2n) is 4.81. The van der Waals surface area contributed by atoms with Gasteiger partial charge in [-0.1, -0.05) is 23.8 Å². The van der Waals surface area contributed by atoms with Gasteiger partial charge in [-0.3, -0.25) is 14.9 Å². The van der Waals surface area contributed by atoms with E-state index in [2.05, 4.69) is 5.32 Å². The molecule has 1 aromatic carbocycles. The van der Waals surface area contributed by atoms with Crippen LogP contribution in [0.25, 0.3) is 6.08 Å². The predicted molar refractivity (Wildman–Crippen MR) is 84.5 cm³/mol. The summed E-state index contributed by atoms with van der Waals surface area (Å²) in [5.74, 6) is -1.29. The van der Waals surface area contributed by atoms with Crippen molar-refractivity contribution in [3.63, 3.8) is 0 Å². The van der Waals surface area contributed by atoms with Gasteiger partial charge < -0.3 is 0 Å². The fraction of sp³-hybridized carbons (Fsp3) is 0.0625. The van der Waals surface area contributed by atoms with Crippen LogP contribution in [0.5, 0.6) is 0 Å². The molecule has 1 N–H and O–H groups in total. The van der Waals surface area contributed by atoms with Crippen molar-refractivity contribution in [2.24, 2.45) is 0 Å². The van der Waals surface area contributed by atoms with Crippen molar-refractivity contribution in [1.82, 2.24) is 5.32 Å². The molecule has 1 aliphatic rings. The number of thiophene rings is 1. The topological polar surface area (TPSA) is 66.5 Å². The first-order valence-corrected chi connectivity index (χ1v) is 7.46. The minimum absolute atomic E-state index is 0.0531. The number of benzene rings is 1. The first kappa shape index (κ1) is 14.2. The number of barbiturate groups is 1. The van der Waals surface area contributed by atoms with E-state index in [9.17, 15) is 14.4 Å². The molecule has 110 valence electrons. The van der Waals surface area contributed by atoms with Gasteiger partial charge in [0.15, 0.2) is 0 Å². The maximum Gasteiger partial charge on any atom is 0.335 e. The highest BCUT2D eigenvalue weighted by atomic mass is 32.1. The summed E-state index contributed by atoms with van der Waals surface area (Å²) in [6, 6.07) is 9.83. The van der Waals surface area contributed by atoms with Crippen LogP contribution in [0, 0.1) is 6.92 Å². The van der Waals surface area contributed by atoms with Gasteiger partial charge in [0.1, 0.15) is 5.57 Å². The first-order valence-electron chi connectivity index (χ1n) is 6.58. The van der Waals surface area contributed by atoms with Gasteiger partial charge in [0.05, 0.1) is 5.69 Å². The molecule has 0 bridgehead atoms. The third-order valence-electron chi connectivity index (χ3n) is 3.22. The molecule has 1 aliphatic heterocycles. The second kappa shape index (κ2) is 5.57. The van der Waals surface area contributed by atoms with Crippen LogP contribution in [0.2, 0.25) is 0 Å². The highest BCUT2D eigenvalue weighted by Gasteiger charge is 2.36. The summed E-state index contributed by atoms with van der Waals surface area (Å²) in [6.07, 6.45) is 1.50. The van der Waals surface area contributed by atoms with E-state index >= 15 is 0 Å². The number of urea groups is 1. The normalized spacial score (nSPS) is 17.0. The van der Waals surface area contributed by atoms with E-state index in [0.29, 0.717) is 5.69 Å². The minimum atomic E-state index is -0.734. The number of anilines is 1. The van der Waals surface area contributed by atoms with Crippen molar-refractivity contribution in [1.29, 1.82) is 0 Å². The van der Waals surface area contributed by atoms with Crippen LogP contribution >= 0.6 is 11.3 Å². The van der Waals surface area contributed by atoms with Crippen LogP contribution in [0.3, 0.4) is 0 Å². The van der Waals surface area contributed by atoms with E-state index in [1.807, 2.05) is 18.4 Å². The molecule has 0 unspecified atom stereocenters. The minimum Gasteiger partial charge on any atom is -0.273 e. The van der Waals surface area contributed by atoms with Gasteiger partial charge in [0, 0.05) is 4.88 Å². The van der Waals surface area contributed by atoms with E-state index in [4.69, 9.17) is 0 Å². The Kier molecular flexibility index (Phi) is 3.60. The van der Waals surface area contributed by atoms with Crippen molar-refractivity contribution >= 4 is 40.9 Å². The van der Waals surface area contributed by atoms with E-state index in [-0.39, 0.29) is 5.57 Å². The van der Waals surface area contributed by atoms with Crippen molar-refractivity contribution < 1.29 is 14.4 Å². The van der Waals surface area contributed by atoms with Crippen LogP contribution in [-0.2, 0) is 9.59 Å². The lowest BCUT2D eigenvalue weighted by atomic mass is 10.1. The van der Waals surface area contributed by atoms with E-state index in [1.54, 1.807) is 30.3 Å². The molecule has 3 rings (SSSR count). The SMILES string of the molecule is Cc1ccc(N2C(=O)NC(=O)/C(=C\c3cccs3)C2=O)cc1. The van der Waals surface area contributed by atoms with E-state index < -0.39 is 17.8 Å². The van der Waals surface area contributed by atoms with E-state index in [0.717, 1.165) is 15.3 Å². The average molecular weight is 312 g/mol. The molecule has 0 aliphatic carbocycles. The zero-order valence-electron chi connectivity index (χ0n) is 11.7. The number of hydrogen-bond donors (Lipinski definition) is 1. The molecule has 1 fully saturated rings. The largest absolute Gasteiger partial charge is 0.335 e. The molecule has 0 spiro atoms. The molecule has 1 saturated heterocycles. The standard InChI is InChI=1S/C16H12N2O3S/c1-10-4-6-11(7-5-10)18-15(20)13(14(19)17-16(18)21)9-12-3-2-8-22-12/h2-9H,1H3,(H,17,19,21)/b13-9+. The Morgan fingerprint density at radius 1 is 1.09 bits per heavy atom. The second-order valence-corrected chi connectivity index (χ2v) is 5.79. The number of nitrogens with one attached hydrogen (secondary N) is 1. The Morgan fingerprint density at radius 3 is 2.45 bits per heavy atom. The maximum absolute atomic E-state index is 12.5. The number of imide groups is 2. The van der Waals surface area contributed by atoms with E-state index in [1.165, 1.54) is 17.4 Å².